The standard InChI is InChI=1S/C32H27N/c1-32(2,22-30(26-12-6-3-7-13-26)27-14-8-4-9-15-27)23-31(28-16-10-5-11-17-28)29-20-18-25(24-33)19-21-29/h3-23H,1-2H3/b31-23+. The number of benzene rings is 4. The highest BCUT2D eigenvalue weighted by Gasteiger charge is 2.18. The van der Waals surface area contributed by atoms with E-state index in [1.165, 1.54) is 16.7 Å². The Morgan fingerprint density at radius 1 is 0.545 bits per heavy atom. The summed E-state index contributed by atoms with van der Waals surface area (Å²) in [6.45, 7) is 4.48. The third-order valence-electron chi connectivity index (χ3n) is 5.61. The van der Waals surface area contributed by atoms with E-state index in [9.17, 15) is 5.26 Å². The highest BCUT2D eigenvalue weighted by molar-refractivity contribution is 5.83. The van der Waals surface area contributed by atoms with Gasteiger partial charge < -0.3 is 0 Å². The Kier molecular flexibility index (Phi) is 6.67. The fourth-order valence-corrected chi connectivity index (χ4v) is 4.03. The summed E-state index contributed by atoms with van der Waals surface area (Å²) >= 11 is 0. The molecule has 0 N–H and O–H groups in total. The first-order valence-electron chi connectivity index (χ1n) is 11.2. The monoisotopic (exact) mass is 425 g/mol. The summed E-state index contributed by atoms with van der Waals surface area (Å²) < 4.78 is 0. The average Bonchev–Trinajstić information content (AvgIpc) is 2.88. The number of hydrogen-bond donors (Lipinski definition) is 0. The summed E-state index contributed by atoms with van der Waals surface area (Å²) in [5, 5.41) is 9.21. The van der Waals surface area contributed by atoms with Gasteiger partial charge in [-0.2, -0.15) is 5.26 Å². The minimum absolute atomic E-state index is 0.236. The minimum Gasteiger partial charge on any atom is -0.192 e. The van der Waals surface area contributed by atoms with Crippen LogP contribution in [0.25, 0.3) is 11.1 Å². The highest BCUT2D eigenvalue weighted by Crippen LogP contribution is 2.35. The zero-order valence-corrected chi connectivity index (χ0v) is 19.1. The molecule has 0 radical (unpaired) electrons. The Morgan fingerprint density at radius 3 is 1.21 bits per heavy atom. The van der Waals surface area contributed by atoms with E-state index in [-0.39, 0.29) is 5.41 Å². The van der Waals surface area contributed by atoms with Gasteiger partial charge >= 0.3 is 0 Å². The van der Waals surface area contributed by atoms with Crippen molar-refractivity contribution in [2.45, 2.75) is 13.8 Å². The van der Waals surface area contributed by atoms with Gasteiger partial charge in [0.1, 0.15) is 0 Å². The van der Waals surface area contributed by atoms with Crippen molar-refractivity contribution in [3.8, 4) is 6.07 Å². The smallest absolute Gasteiger partial charge is 0.0991 e. The second-order valence-electron chi connectivity index (χ2n) is 8.72. The van der Waals surface area contributed by atoms with E-state index < -0.39 is 0 Å². The molecule has 0 spiro atoms. The lowest BCUT2D eigenvalue weighted by atomic mass is 9.82. The normalized spacial score (nSPS) is 11.5. The molecule has 4 aromatic carbocycles. The number of nitriles is 1. The first kappa shape index (κ1) is 22.1. The fourth-order valence-electron chi connectivity index (χ4n) is 4.03. The predicted octanol–water partition coefficient (Wildman–Crippen LogP) is 8.15. The van der Waals surface area contributed by atoms with E-state index in [4.69, 9.17) is 0 Å². The quantitative estimate of drug-likeness (QED) is 0.306. The molecule has 1 heteroatoms. The summed E-state index contributed by atoms with van der Waals surface area (Å²) in [5.74, 6) is 0. The molecular weight excluding hydrogens is 398 g/mol. The molecular formula is C32H27N. The van der Waals surface area contributed by atoms with Gasteiger partial charge in [-0.3, -0.25) is 0 Å². The van der Waals surface area contributed by atoms with E-state index in [1.54, 1.807) is 0 Å². The molecule has 0 saturated carbocycles. The van der Waals surface area contributed by atoms with Gasteiger partial charge in [0.25, 0.3) is 0 Å². The lowest BCUT2D eigenvalue weighted by Gasteiger charge is -2.22. The van der Waals surface area contributed by atoms with Crippen LogP contribution in [0, 0.1) is 16.7 Å². The summed E-state index contributed by atoms with van der Waals surface area (Å²) in [5.41, 5.74) is 7.45. The van der Waals surface area contributed by atoms with Gasteiger partial charge in [0.2, 0.25) is 0 Å². The Balaban J connectivity index is 1.85. The van der Waals surface area contributed by atoms with Gasteiger partial charge in [0.15, 0.2) is 0 Å². The van der Waals surface area contributed by atoms with E-state index in [0.29, 0.717) is 5.56 Å². The van der Waals surface area contributed by atoms with Gasteiger partial charge in [-0.25, -0.2) is 0 Å². The molecule has 0 aliphatic rings. The zero-order valence-electron chi connectivity index (χ0n) is 19.1. The number of rotatable bonds is 6. The topological polar surface area (TPSA) is 23.8 Å². The second kappa shape index (κ2) is 9.98. The Bertz CT molecular complexity index is 1250. The van der Waals surface area contributed by atoms with E-state index in [1.807, 2.05) is 30.3 Å². The van der Waals surface area contributed by atoms with Crippen LogP contribution in [-0.2, 0) is 0 Å². The van der Waals surface area contributed by atoms with Crippen molar-refractivity contribution < 1.29 is 0 Å². The number of hydrogen-bond acceptors (Lipinski definition) is 1. The molecule has 0 unspecified atom stereocenters. The molecule has 0 fully saturated rings. The summed E-state index contributed by atoms with van der Waals surface area (Å²) in [7, 11) is 0. The largest absolute Gasteiger partial charge is 0.192 e. The van der Waals surface area contributed by atoms with Crippen LogP contribution in [0.4, 0.5) is 0 Å². The molecule has 0 aliphatic carbocycles. The minimum atomic E-state index is -0.236. The molecule has 0 aliphatic heterocycles. The molecule has 0 heterocycles. The van der Waals surface area contributed by atoms with Crippen molar-refractivity contribution in [3.05, 3.63) is 155 Å². The highest BCUT2D eigenvalue weighted by atomic mass is 14.2. The van der Waals surface area contributed by atoms with Crippen LogP contribution in [0.2, 0.25) is 0 Å². The van der Waals surface area contributed by atoms with Crippen LogP contribution in [0.3, 0.4) is 0 Å². The first-order chi connectivity index (χ1) is 16.1. The first-order valence-corrected chi connectivity index (χ1v) is 11.2. The number of nitrogens with zero attached hydrogens (tertiary/aromatic N) is 1. The lowest BCUT2D eigenvalue weighted by Crippen LogP contribution is -2.07. The molecule has 4 rings (SSSR count). The molecule has 160 valence electrons. The number of allylic oxidation sites excluding steroid dienone is 2. The molecule has 0 saturated heterocycles. The third kappa shape index (κ3) is 5.56. The lowest BCUT2D eigenvalue weighted by molar-refractivity contribution is 0.629. The second-order valence-corrected chi connectivity index (χ2v) is 8.72. The maximum absolute atomic E-state index is 9.21. The van der Waals surface area contributed by atoms with Crippen molar-refractivity contribution in [2.75, 3.05) is 0 Å². The average molecular weight is 426 g/mol. The van der Waals surface area contributed by atoms with Crippen LogP contribution in [0.5, 0.6) is 0 Å². The molecule has 0 amide bonds. The van der Waals surface area contributed by atoms with Crippen LogP contribution in [-0.4, -0.2) is 0 Å². The SMILES string of the molecule is CC(C)(C=C(c1ccccc1)c1ccccc1)/C=C(\c1ccccc1)c1ccc(C#N)cc1. The van der Waals surface area contributed by atoms with Crippen LogP contribution >= 0.6 is 0 Å². The Hall–Kier alpha value is -4.15. The van der Waals surface area contributed by atoms with Crippen molar-refractivity contribution in [1.82, 2.24) is 0 Å². The van der Waals surface area contributed by atoms with Crippen molar-refractivity contribution in [2.24, 2.45) is 5.41 Å². The molecule has 0 bridgehead atoms. The van der Waals surface area contributed by atoms with Crippen molar-refractivity contribution in [3.63, 3.8) is 0 Å². The predicted molar refractivity (Wildman–Crippen MR) is 138 cm³/mol. The molecule has 4 aromatic rings. The Labute approximate surface area is 197 Å². The van der Waals surface area contributed by atoms with Crippen LogP contribution < -0.4 is 0 Å². The molecule has 0 atom stereocenters. The van der Waals surface area contributed by atoms with Crippen molar-refractivity contribution in [1.29, 1.82) is 5.26 Å². The van der Waals surface area contributed by atoms with Gasteiger partial charge in [0, 0.05) is 5.41 Å². The van der Waals surface area contributed by atoms with Crippen molar-refractivity contribution >= 4 is 11.1 Å². The van der Waals surface area contributed by atoms with Gasteiger partial charge in [-0.1, -0.05) is 129 Å². The molecule has 33 heavy (non-hydrogen) atoms. The van der Waals surface area contributed by atoms with E-state index in [2.05, 4.69) is 117 Å². The summed E-state index contributed by atoms with van der Waals surface area (Å²) in [6.07, 6.45) is 4.68. The third-order valence-corrected chi connectivity index (χ3v) is 5.61. The summed E-state index contributed by atoms with van der Waals surface area (Å²) in [4.78, 5) is 0. The zero-order chi connectivity index (χ0) is 23.1. The summed E-state index contributed by atoms with van der Waals surface area (Å²) in [6, 6.07) is 41.6. The molecule has 1 nitrogen and oxygen atoms in total. The van der Waals surface area contributed by atoms with Crippen LogP contribution in [0.15, 0.2) is 127 Å². The van der Waals surface area contributed by atoms with E-state index >= 15 is 0 Å². The van der Waals surface area contributed by atoms with Gasteiger partial charge in [0.05, 0.1) is 11.6 Å². The van der Waals surface area contributed by atoms with Crippen LogP contribution in [0.1, 0.15) is 41.7 Å². The van der Waals surface area contributed by atoms with E-state index in [0.717, 1.165) is 16.7 Å². The maximum Gasteiger partial charge on any atom is 0.0991 e. The van der Waals surface area contributed by atoms with Gasteiger partial charge in [-0.05, 0) is 45.5 Å². The molecule has 0 aromatic heterocycles. The maximum atomic E-state index is 9.21. The Morgan fingerprint density at radius 2 is 0.879 bits per heavy atom. The van der Waals surface area contributed by atoms with Gasteiger partial charge in [-0.15, -0.1) is 0 Å². The fraction of sp³-hybridized carbons (Fsp3) is 0.0938.